The average Bonchev–Trinajstić information content (AvgIpc) is 2.63. The van der Waals surface area contributed by atoms with E-state index in [2.05, 4.69) is 19.5 Å². The van der Waals surface area contributed by atoms with Crippen LogP contribution in [-0.4, -0.2) is 57.6 Å². The van der Waals surface area contributed by atoms with Crippen molar-refractivity contribution in [3.05, 3.63) is 54.2 Å². The van der Waals surface area contributed by atoms with Crippen LogP contribution in [0.3, 0.4) is 0 Å². The summed E-state index contributed by atoms with van der Waals surface area (Å²) >= 11 is 0. The number of rotatable bonds is 6. The quantitative estimate of drug-likeness (QED) is 0.846. The second-order valence-electron chi connectivity index (χ2n) is 6.23. The van der Waals surface area contributed by atoms with Gasteiger partial charge in [-0.2, -0.15) is 0 Å². The number of nitrogens with one attached hydrogen (secondary N) is 1. The van der Waals surface area contributed by atoms with Gasteiger partial charge in [0, 0.05) is 45.5 Å². The maximum Gasteiger partial charge on any atom is 0.240 e. The van der Waals surface area contributed by atoms with Gasteiger partial charge in [0.25, 0.3) is 0 Å². The SMILES string of the molecule is Cc1ccc(S(=O)(=O)NCCN2CCN(c3ccccn3)CC2)cc1. The lowest BCUT2D eigenvalue weighted by Gasteiger charge is -2.35. The van der Waals surface area contributed by atoms with E-state index in [0.29, 0.717) is 18.0 Å². The number of benzene rings is 1. The van der Waals surface area contributed by atoms with Gasteiger partial charge >= 0.3 is 0 Å². The van der Waals surface area contributed by atoms with Crippen LogP contribution < -0.4 is 9.62 Å². The number of anilines is 1. The number of sulfonamides is 1. The van der Waals surface area contributed by atoms with Crippen molar-refractivity contribution in [1.29, 1.82) is 0 Å². The molecule has 1 N–H and O–H groups in total. The standard InChI is InChI=1S/C18H24N4O2S/c1-16-5-7-17(8-6-16)25(23,24)20-10-11-21-12-14-22(15-13-21)18-4-2-3-9-19-18/h2-9,20H,10-15H2,1H3. The molecule has 1 aliphatic heterocycles. The van der Waals surface area contributed by atoms with Gasteiger partial charge in [-0.1, -0.05) is 23.8 Å². The second-order valence-corrected chi connectivity index (χ2v) is 7.99. The van der Waals surface area contributed by atoms with Crippen LogP contribution in [0.4, 0.5) is 5.82 Å². The smallest absolute Gasteiger partial charge is 0.240 e. The first-order valence-corrected chi connectivity index (χ1v) is 9.97. The summed E-state index contributed by atoms with van der Waals surface area (Å²) in [6.07, 6.45) is 1.81. The zero-order chi connectivity index (χ0) is 17.7. The molecule has 1 saturated heterocycles. The molecule has 7 heteroatoms. The predicted octanol–water partition coefficient (Wildman–Crippen LogP) is 1.49. The Labute approximate surface area is 149 Å². The molecule has 0 unspecified atom stereocenters. The van der Waals surface area contributed by atoms with Crippen LogP contribution in [0.2, 0.25) is 0 Å². The Balaban J connectivity index is 1.45. The molecular formula is C18H24N4O2S. The van der Waals surface area contributed by atoms with Gasteiger partial charge in [-0.15, -0.1) is 0 Å². The van der Waals surface area contributed by atoms with Gasteiger partial charge in [0.15, 0.2) is 0 Å². The Morgan fingerprint density at radius 3 is 2.40 bits per heavy atom. The number of hydrogen-bond acceptors (Lipinski definition) is 5. The Morgan fingerprint density at radius 1 is 1.04 bits per heavy atom. The van der Waals surface area contributed by atoms with E-state index in [9.17, 15) is 8.42 Å². The fraction of sp³-hybridized carbons (Fsp3) is 0.389. The van der Waals surface area contributed by atoms with Gasteiger partial charge in [0.2, 0.25) is 10.0 Å². The summed E-state index contributed by atoms with van der Waals surface area (Å²) in [6, 6.07) is 12.8. The van der Waals surface area contributed by atoms with Crippen molar-refractivity contribution < 1.29 is 8.42 Å². The van der Waals surface area contributed by atoms with E-state index < -0.39 is 10.0 Å². The molecule has 0 aliphatic carbocycles. The van der Waals surface area contributed by atoms with Crippen LogP contribution in [0, 0.1) is 6.92 Å². The summed E-state index contributed by atoms with van der Waals surface area (Å²) in [6.45, 7) is 6.69. The van der Waals surface area contributed by atoms with Crippen molar-refractivity contribution in [2.75, 3.05) is 44.2 Å². The second kappa shape index (κ2) is 7.95. The minimum absolute atomic E-state index is 0.318. The molecule has 0 atom stereocenters. The summed E-state index contributed by atoms with van der Waals surface area (Å²) < 4.78 is 27.2. The van der Waals surface area contributed by atoms with Crippen molar-refractivity contribution in [1.82, 2.24) is 14.6 Å². The number of hydrogen-bond donors (Lipinski definition) is 1. The summed E-state index contributed by atoms with van der Waals surface area (Å²) in [5.41, 5.74) is 1.05. The highest BCUT2D eigenvalue weighted by Gasteiger charge is 2.19. The molecule has 0 saturated carbocycles. The van der Waals surface area contributed by atoms with E-state index in [-0.39, 0.29) is 0 Å². The molecular weight excluding hydrogens is 336 g/mol. The molecule has 134 valence electrons. The molecule has 25 heavy (non-hydrogen) atoms. The molecule has 0 radical (unpaired) electrons. The zero-order valence-corrected chi connectivity index (χ0v) is 15.2. The highest BCUT2D eigenvalue weighted by atomic mass is 32.2. The summed E-state index contributed by atoms with van der Waals surface area (Å²) in [4.78, 5) is 9.23. The van der Waals surface area contributed by atoms with E-state index in [1.807, 2.05) is 43.5 Å². The molecule has 2 heterocycles. The van der Waals surface area contributed by atoms with Gasteiger partial charge in [0.05, 0.1) is 4.90 Å². The first-order valence-electron chi connectivity index (χ1n) is 8.49. The Bertz CT molecular complexity index is 770. The number of aryl methyl sites for hydroxylation is 1. The third-order valence-corrected chi connectivity index (χ3v) is 5.87. The van der Waals surface area contributed by atoms with Gasteiger partial charge in [0.1, 0.15) is 5.82 Å². The van der Waals surface area contributed by atoms with E-state index in [1.165, 1.54) is 0 Å². The summed E-state index contributed by atoms with van der Waals surface area (Å²) in [5.74, 6) is 1.00. The molecule has 0 spiro atoms. The maximum absolute atomic E-state index is 12.3. The van der Waals surface area contributed by atoms with Gasteiger partial charge in [-0.25, -0.2) is 18.1 Å². The van der Waals surface area contributed by atoms with Crippen molar-refractivity contribution in [3.63, 3.8) is 0 Å². The molecule has 2 aromatic rings. The Hall–Kier alpha value is -1.96. The molecule has 1 aromatic heterocycles. The lowest BCUT2D eigenvalue weighted by Crippen LogP contribution is -2.48. The topological polar surface area (TPSA) is 65.5 Å². The minimum atomic E-state index is -3.43. The molecule has 1 aliphatic rings. The van der Waals surface area contributed by atoms with Crippen molar-refractivity contribution in [3.8, 4) is 0 Å². The molecule has 0 amide bonds. The molecule has 6 nitrogen and oxygen atoms in total. The minimum Gasteiger partial charge on any atom is -0.354 e. The first-order chi connectivity index (χ1) is 12.0. The summed E-state index contributed by atoms with van der Waals surface area (Å²) in [7, 11) is -3.43. The highest BCUT2D eigenvalue weighted by molar-refractivity contribution is 7.89. The number of aromatic nitrogens is 1. The average molecular weight is 360 g/mol. The van der Waals surface area contributed by atoms with Crippen molar-refractivity contribution >= 4 is 15.8 Å². The third-order valence-electron chi connectivity index (χ3n) is 4.40. The molecule has 3 rings (SSSR count). The van der Waals surface area contributed by atoms with Crippen molar-refractivity contribution in [2.24, 2.45) is 0 Å². The van der Waals surface area contributed by atoms with Crippen LogP contribution in [0.1, 0.15) is 5.56 Å². The van der Waals surface area contributed by atoms with Gasteiger partial charge < -0.3 is 4.90 Å². The van der Waals surface area contributed by atoms with Crippen LogP contribution in [0.25, 0.3) is 0 Å². The van der Waals surface area contributed by atoms with Crippen LogP contribution in [0.15, 0.2) is 53.6 Å². The molecule has 0 bridgehead atoms. The van der Waals surface area contributed by atoms with Gasteiger partial charge in [-0.05, 0) is 31.2 Å². The largest absolute Gasteiger partial charge is 0.354 e. The maximum atomic E-state index is 12.3. The fourth-order valence-electron chi connectivity index (χ4n) is 2.88. The molecule has 1 aromatic carbocycles. The third kappa shape index (κ3) is 4.78. The lowest BCUT2D eigenvalue weighted by molar-refractivity contribution is 0.261. The predicted molar refractivity (Wildman–Crippen MR) is 99.3 cm³/mol. The molecule has 1 fully saturated rings. The van der Waals surface area contributed by atoms with E-state index in [0.717, 1.165) is 37.6 Å². The van der Waals surface area contributed by atoms with Crippen molar-refractivity contribution in [2.45, 2.75) is 11.8 Å². The number of nitrogens with zero attached hydrogens (tertiary/aromatic N) is 3. The number of pyridine rings is 1. The Kier molecular flexibility index (Phi) is 5.67. The van der Waals surface area contributed by atoms with Crippen LogP contribution in [0.5, 0.6) is 0 Å². The summed E-state index contributed by atoms with van der Waals surface area (Å²) in [5, 5.41) is 0. The van der Waals surface area contributed by atoms with E-state index in [1.54, 1.807) is 12.1 Å². The zero-order valence-electron chi connectivity index (χ0n) is 14.4. The lowest BCUT2D eigenvalue weighted by atomic mass is 10.2. The van der Waals surface area contributed by atoms with E-state index >= 15 is 0 Å². The fourth-order valence-corrected chi connectivity index (χ4v) is 3.90. The Morgan fingerprint density at radius 2 is 1.76 bits per heavy atom. The van der Waals surface area contributed by atoms with Crippen LogP contribution >= 0.6 is 0 Å². The van der Waals surface area contributed by atoms with E-state index in [4.69, 9.17) is 0 Å². The highest BCUT2D eigenvalue weighted by Crippen LogP contribution is 2.12. The van der Waals surface area contributed by atoms with Crippen LogP contribution in [-0.2, 0) is 10.0 Å². The number of piperazine rings is 1. The normalized spacial score (nSPS) is 16.1. The van der Waals surface area contributed by atoms with Gasteiger partial charge in [-0.3, -0.25) is 4.90 Å². The first kappa shape index (κ1) is 17.8. The monoisotopic (exact) mass is 360 g/mol.